The van der Waals surface area contributed by atoms with Crippen LogP contribution in [0.3, 0.4) is 0 Å². The van der Waals surface area contributed by atoms with E-state index in [0.717, 1.165) is 22.6 Å². The molecule has 1 N–H and O–H groups in total. The second-order valence-corrected chi connectivity index (χ2v) is 5.47. The lowest BCUT2D eigenvalue weighted by molar-refractivity contribution is 0.0690. The molecule has 2 aromatic heterocycles. The Balaban J connectivity index is 2.12. The van der Waals surface area contributed by atoms with Crippen LogP contribution in [0, 0.1) is 6.92 Å². The van der Waals surface area contributed by atoms with Gasteiger partial charge in [-0.15, -0.1) is 0 Å². The van der Waals surface area contributed by atoms with Crippen molar-refractivity contribution in [1.82, 2.24) is 19.7 Å². The van der Waals surface area contributed by atoms with Crippen LogP contribution in [-0.4, -0.2) is 37.9 Å². The summed E-state index contributed by atoms with van der Waals surface area (Å²) in [5.41, 5.74) is 2.59. The second-order valence-electron chi connectivity index (χ2n) is 5.47. The molecule has 0 aliphatic heterocycles. The normalized spacial score (nSPS) is 10.7. The molecule has 0 fully saturated rings. The molecule has 0 spiro atoms. The van der Waals surface area contributed by atoms with Crippen LogP contribution in [0.15, 0.2) is 36.5 Å². The molecule has 128 valence electrons. The lowest BCUT2D eigenvalue weighted by atomic mass is 10.1. The maximum Gasteiger partial charge on any atom is 0.356 e. The molecule has 0 saturated carbocycles. The third kappa shape index (κ3) is 3.21. The molecule has 7 heteroatoms. The minimum atomic E-state index is -1.07. The van der Waals surface area contributed by atoms with Gasteiger partial charge in [-0.1, -0.05) is 6.92 Å². The quantitative estimate of drug-likeness (QED) is 0.769. The van der Waals surface area contributed by atoms with Gasteiger partial charge in [0.2, 0.25) is 0 Å². The molecule has 1 aromatic carbocycles. The second kappa shape index (κ2) is 6.72. The van der Waals surface area contributed by atoms with Gasteiger partial charge in [0.15, 0.2) is 17.3 Å². The summed E-state index contributed by atoms with van der Waals surface area (Å²) in [6, 6.07) is 8.91. The van der Waals surface area contributed by atoms with Crippen LogP contribution < -0.4 is 4.74 Å². The van der Waals surface area contributed by atoms with Crippen LogP contribution in [0.4, 0.5) is 0 Å². The zero-order chi connectivity index (χ0) is 18.0. The maximum absolute atomic E-state index is 11.1. The van der Waals surface area contributed by atoms with Crippen molar-refractivity contribution >= 4 is 5.97 Å². The van der Waals surface area contributed by atoms with Gasteiger partial charge in [0, 0.05) is 23.0 Å². The smallest absolute Gasteiger partial charge is 0.356 e. The van der Waals surface area contributed by atoms with Crippen molar-refractivity contribution in [3.05, 3.63) is 53.5 Å². The molecule has 7 nitrogen and oxygen atoms in total. The molecule has 0 amide bonds. The van der Waals surface area contributed by atoms with E-state index >= 15 is 0 Å². The maximum atomic E-state index is 11.1. The molecule has 0 aliphatic carbocycles. The number of nitrogens with zero attached hydrogens (tertiary/aromatic N) is 4. The number of hydrogen-bond donors (Lipinski definition) is 1. The average Bonchev–Trinajstić information content (AvgIpc) is 3.11. The van der Waals surface area contributed by atoms with E-state index in [-0.39, 0.29) is 5.69 Å². The highest BCUT2D eigenvalue weighted by atomic mass is 16.5. The fourth-order valence-corrected chi connectivity index (χ4v) is 2.61. The number of hydrogen-bond acceptors (Lipinski definition) is 5. The van der Waals surface area contributed by atoms with E-state index in [1.807, 2.05) is 38.1 Å². The van der Waals surface area contributed by atoms with Gasteiger partial charge in [-0.25, -0.2) is 19.4 Å². The number of aromatic carboxylic acids is 1. The summed E-state index contributed by atoms with van der Waals surface area (Å²) in [6.07, 6.45) is 2.31. The van der Waals surface area contributed by atoms with Gasteiger partial charge in [0.1, 0.15) is 5.75 Å². The molecule has 2 heterocycles. The van der Waals surface area contributed by atoms with Crippen LogP contribution >= 0.6 is 0 Å². The van der Waals surface area contributed by atoms with Crippen LogP contribution in [0.25, 0.3) is 17.2 Å². The Kier molecular flexibility index (Phi) is 4.47. The molecule has 0 radical (unpaired) electrons. The SMILES string of the molecule is CCc1c(C)nc(-c2ccc(OC)cc2)nc1-n1ccc(C(=O)O)n1. The molecule has 3 rings (SSSR count). The molecule has 0 aliphatic rings. The van der Waals surface area contributed by atoms with Gasteiger partial charge in [0.05, 0.1) is 7.11 Å². The Hall–Kier alpha value is -3.22. The fraction of sp³-hybridized carbons (Fsp3) is 0.222. The van der Waals surface area contributed by atoms with Gasteiger partial charge in [0.25, 0.3) is 0 Å². The summed E-state index contributed by atoms with van der Waals surface area (Å²) in [7, 11) is 1.61. The summed E-state index contributed by atoms with van der Waals surface area (Å²) in [5, 5.41) is 13.2. The highest BCUT2D eigenvalue weighted by Gasteiger charge is 2.16. The number of carbonyl (C=O) groups is 1. The van der Waals surface area contributed by atoms with Gasteiger partial charge in [-0.2, -0.15) is 5.10 Å². The molecular formula is C18H18N4O3. The Morgan fingerprint density at radius 1 is 1.20 bits per heavy atom. The van der Waals surface area contributed by atoms with Crippen molar-refractivity contribution in [2.24, 2.45) is 0 Å². The monoisotopic (exact) mass is 338 g/mol. The van der Waals surface area contributed by atoms with Gasteiger partial charge < -0.3 is 9.84 Å². The van der Waals surface area contributed by atoms with Crippen LogP contribution in [-0.2, 0) is 6.42 Å². The van der Waals surface area contributed by atoms with Crippen molar-refractivity contribution < 1.29 is 14.6 Å². The molecular weight excluding hydrogens is 320 g/mol. The largest absolute Gasteiger partial charge is 0.497 e. The van der Waals surface area contributed by atoms with Crippen molar-refractivity contribution in [2.75, 3.05) is 7.11 Å². The first-order valence-electron chi connectivity index (χ1n) is 7.84. The van der Waals surface area contributed by atoms with E-state index in [4.69, 9.17) is 9.84 Å². The Bertz CT molecular complexity index is 917. The lowest BCUT2D eigenvalue weighted by Crippen LogP contribution is -2.09. The first kappa shape index (κ1) is 16.6. The summed E-state index contributed by atoms with van der Waals surface area (Å²) in [5.74, 6) is 0.829. The van der Waals surface area contributed by atoms with Crippen LogP contribution in [0.1, 0.15) is 28.7 Å². The van der Waals surface area contributed by atoms with E-state index in [1.165, 1.54) is 10.7 Å². The molecule has 0 bridgehead atoms. The highest BCUT2D eigenvalue weighted by Crippen LogP contribution is 2.23. The molecule has 0 atom stereocenters. The van der Waals surface area contributed by atoms with Gasteiger partial charge in [-0.3, -0.25) is 0 Å². The molecule has 3 aromatic rings. The number of methoxy groups -OCH3 is 1. The first-order chi connectivity index (χ1) is 12.0. The zero-order valence-corrected chi connectivity index (χ0v) is 14.2. The Morgan fingerprint density at radius 3 is 2.48 bits per heavy atom. The molecule has 0 saturated heterocycles. The van der Waals surface area contributed by atoms with Crippen LogP contribution in [0.2, 0.25) is 0 Å². The topological polar surface area (TPSA) is 90.1 Å². The minimum Gasteiger partial charge on any atom is -0.497 e. The van der Waals surface area contributed by atoms with Gasteiger partial charge >= 0.3 is 5.97 Å². The highest BCUT2D eigenvalue weighted by molar-refractivity contribution is 5.85. The lowest BCUT2D eigenvalue weighted by Gasteiger charge is -2.12. The van der Waals surface area contributed by atoms with E-state index in [2.05, 4.69) is 15.1 Å². The van der Waals surface area contributed by atoms with E-state index in [1.54, 1.807) is 13.3 Å². The number of carboxylic acid groups (broad SMARTS) is 1. The Labute approximate surface area is 144 Å². The summed E-state index contributed by atoms with van der Waals surface area (Å²) in [6.45, 7) is 3.92. The van der Waals surface area contributed by atoms with Crippen molar-refractivity contribution in [3.8, 4) is 23.0 Å². The fourth-order valence-electron chi connectivity index (χ4n) is 2.61. The summed E-state index contributed by atoms with van der Waals surface area (Å²) in [4.78, 5) is 20.3. The summed E-state index contributed by atoms with van der Waals surface area (Å²) < 4.78 is 6.66. The van der Waals surface area contributed by atoms with E-state index < -0.39 is 5.97 Å². The zero-order valence-electron chi connectivity index (χ0n) is 14.2. The number of rotatable bonds is 5. The Morgan fingerprint density at radius 2 is 1.92 bits per heavy atom. The average molecular weight is 338 g/mol. The predicted octanol–water partition coefficient (Wildman–Crippen LogP) is 2.91. The third-order valence-electron chi connectivity index (χ3n) is 3.92. The van der Waals surface area contributed by atoms with Gasteiger partial charge in [-0.05, 0) is 43.7 Å². The number of aromatic nitrogens is 4. The molecule has 0 unspecified atom stereocenters. The van der Waals surface area contributed by atoms with Crippen LogP contribution in [0.5, 0.6) is 5.75 Å². The van der Waals surface area contributed by atoms with Crippen molar-refractivity contribution in [2.45, 2.75) is 20.3 Å². The number of carboxylic acids is 1. The first-order valence-corrected chi connectivity index (χ1v) is 7.84. The van der Waals surface area contributed by atoms with Crippen molar-refractivity contribution in [3.63, 3.8) is 0 Å². The molecule has 25 heavy (non-hydrogen) atoms. The number of ether oxygens (including phenoxy) is 1. The van der Waals surface area contributed by atoms with Crippen molar-refractivity contribution in [1.29, 1.82) is 0 Å². The standard InChI is InChI=1S/C18H18N4O3/c1-4-14-11(2)19-16(12-5-7-13(25-3)8-6-12)20-17(14)22-10-9-15(21-22)18(23)24/h5-10H,4H2,1-3H3,(H,23,24). The summed E-state index contributed by atoms with van der Waals surface area (Å²) >= 11 is 0. The number of benzene rings is 1. The number of aryl methyl sites for hydroxylation is 1. The third-order valence-corrected chi connectivity index (χ3v) is 3.92. The predicted molar refractivity (Wildman–Crippen MR) is 92.2 cm³/mol. The van der Waals surface area contributed by atoms with E-state index in [0.29, 0.717) is 18.1 Å². The minimum absolute atomic E-state index is 0.0238. The van der Waals surface area contributed by atoms with E-state index in [9.17, 15) is 4.79 Å².